The SMILES string of the molecule is CN1CCC(N2CC3CC(C2)c2ccc(NC(=O)COc4ccccc4)c(=O)n2C3)CC1. The zero-order valence-corrected chi connectivity index (χ0v) is 18.7. The van der Waals surface area contributed by atoms with Gasteiger partial charge in [-0.2, -0.15) is 0 Å². The van der Waals surface area contributed by atoms with E-state index in [2.05, 4.69) is 22.2 Å². The molecule has 0 spiro atoms. The molecule has 7 heteroatoms. The molecule has 2 bridgehead atoms. The molecular weight excluding hydrogens is 404 g/mol. The van der Waals surface area contributed by atoms with Gasteiger partial charge in [0.25, 0.3) is 11.5 Å². The van der Waals surface area contributed by atoms with Crippen molar-refractivity contribution in [2.75, 3.05) is 45.2 Å². The molecule has 1 aromatic carbocycles. The third kappa shape index (κ3) is 4.45. The molecule has 3 aliphatic rings. The first-order valence-electron chi connectivity index (χ1n) is 11.7. The van der Waals surface area contributed by atoms with Crippen LogP contribution in [0.15, 0.2) is 47.3 Å². The van der Waals surface area contributed by atoms with Gasteiger partial charge in [0.05, 0.1) is 0 Å². The molecule has 0 radical (unpaired) electrons. The maximum Gasteiger partial charge on any atom is 0.274 e. The number of anilines is 1. The fourth-order valence-corrected chi connectivity index (χ4v) is 5.59. The third-order valence-corrected chi connectivity index (χ3v) is 7.22. The van der Waals surface area contributed by atoms with Gasteiger partial charge in [0, 0.05) is 37.3 Å². The van der Waals surface area contributed by atoms with Crippen molar-refractivity contribution in [1.82, 2.24) is 14.4 Å². The van der Waals surface area contributed by atoms with Crippen LogP contribution >= 0.6 is 0 Å². The predicted molar refractivity (Wildman–Crippen MR) is 124 cm³/mol. The van der Waals surface area contributed by atoms with Gasteiger partial charge >= 0.3 is 0 Å². The fourth-order valence-electron chi connectivity index (χ4n) is 5.59. The minimum atomic E-state index is -0.323. The van der Waals surface area contributed by atoms with Crippen molar-refractivity contribution >= 4 is 11.6 Å². The highest BCUT2D eigenvalue weighted by molar-refractivity contribution is 5.91. The lowest BCUT2D eigenvalue weighted by molar-refractivity contribution is -0.118. The fraction of sp³-hybridized carbons (Fsp3) is 0.520. The van der Waals surface area contributed by atoms with Crippen molar-refractivity contribution in [1.29, 1.82) is 0 Å². The predicted octanol–water partition coefficient (Wildman–Crippen LogP) is 2.38. The van der Waals surface area contributed by atoms with Crippen LogP contribution in [-0.4, -0.2) is 66.1 Å². The minimum absolute atomic E-state index is 0.0991. The zero-order chi connectivity index (χ0) is 22.1. The molecule has 1 aromatic heterocycles. The second-order valence-corrected chi connectivity index (χ2v) is 9.52. The molecule has 170 valence electrons. The number of hydrogen-bond acceptors (Lipinski definition) is 5. The number of para-hydroxylation sites is 1. The van der Waals surface area contributed by atoms with Crippen molar-refractivity contribution in [3.8, 4) is 5.75 Å². The highest BCUT2D eigenvalue weighted by Gasteiger charge is 2.37. The van der Waals surface area contributed by atoms with E-state index in [1.165, 1.54) is 25.9 Å². The number of likely N-dealkylation sites (tertiary alicyclic amines) is 2. The van der Waals surface area contributed by atoms with Crippen LogP contribution in [0.25, 0.3) is 0 Å². The summed E-state index contributed by atoms with van der Waals surface area (Å²) in [5, 5.41) is 2.75. The molecule has 0 aliphatic carbocycles. The summed E-state index contributed by atoms with van der Waals surface area (Å²) < 4.78 is 7.40. The number of pyridine rings is 1. The smallest absolute Gasteiger partial charge is 0.274 e. The molecule has 7 nitrogen and oxygen atoms in total. The Bertz CT molecular complexity index is 1010. The summed E-state index contributed by atoms with van der Waals surface area (Å²) in [5.41, 5.74) is 1.35. The lowest BCUT2D eigenvalue weighted by Gasteiger charge is -2.47. The quantitative estimate of drug-likeness (QED) is 0.780. The van der Waals surface area contributed by atoms with Crippen LogP contribution in [-0.2, 0) is 11.3 Å². The summed E-state index contributed by atoms with van der Waals surface area (Å²) in [4.78, 5) is 30.6. The molecular formula is C25H32N4O3. The Balaban J connectivity index is 1.26. The summed E-state index contributed by atoms with van der Waals surface area (Å²) >= 11 is 0. The van der Waals surface area contributed by atoms with Gasteiger partial charge < -0.3 is 19.5 Å². The van der Waals surface area contributed by atoms with Crippen LogP contribution in [0.5, 0.6) is 5.75 Å². The molecule has 2 fully saturated rings. The highest BCUT2D eigenvalue weighted by atomic mass is 16.5. The Morgan fingerprint density at radius 1 is 1.06 bits per heavy atom. The van der Waals surface area contributed by atoms with E-state index in [1.807, 2.05) is 28.8 Å². The van der Waals surface area contributed by atoms with Gasteiger partial charge in [-0.15, -0.1) is 0 Å². The van der Waals surface area contributed by atoms with Gasteiger partial charge in [-0.25, -0.2) is 0 Å². The average Bonchev–Trinajstić information content (AvgIpc) is 2.81. The van der Waals surface area contributed by atoms with Crippen LogP contribution in [0.1, 0.15) is 30.9 Å². The molecule has 5 rings (SSSR count). The molecule has 2 unspecified atom stereocenters. The second-order valence-electron chi connectivity index (χ2n) is 9.52. The van der Waals surface area contributed by atoms with Gasteiger partial charge in [-0.05, 0) is 69.6 Å². The van der Waals surface area contributed by atoms with Crippen molar-refractivity contribution < 1.29 is 9.53 Å². The number of nitrogens with one attached hydrogen (secondary N) is 1. The first kappa shape index (κ1) is 21.2. The van der Waals surface area contributed by atoms with E-state index >= 15 is 0 Å². The summed E-state index contributed by atoms with van der Waals surface area (Å²) in [6.45, 7) is 5.05. The number of amides is 1. The van der Waals surface area contributed by atoms with E-state index in [-0.39, 0.29) is 18.1 Å². The van der Waals surface area contributed by atoms with E-state index in [4.69, 9.17) is 4.74 Å². The van der Waals surface area contributed by atoms with Gasteiger partial charge in [-0.3, -0.25) is 14.5 Å². The first-order valence-corrected chi connectivity index (χ1v) is 11.7. The molecule has 1 amide bonds. The van der Waals surface area contributed by atoms with Crippen LogP contribution < -0.4 is 15.6 Å². The van der Waals surface area contributed by atoms with Crippen LogP contribution in [0, 0.1) is 5.92 Å². The van der Waals surface area contributed by atoms with Gasteiger partial charge in [-0.1, -0.05) is 18.2 Å². The molecule has 32 heavy (non-hydrogen) atoms. The summed E-state index contributed by atoms with van der Waals surface area (Å²) in [7, 11) is 2.20. The van der Waals surface area contributed by atoms with E-state index in [0.717, 1.165) is 31.7 Å². The van der Waals surface area contributed by atoms with Crippen LogP contribution in [0.2, 0.25) is 0 Å². The average molecular weight is 437 g/mol. The minimum Gasteiger partial charge on any atom is -0.484 e. The summed E-state index contributed by atoms with van der Waals surface area (Å²) in [5.74, 6) is 1.19. The standard InChI is InChI=1S/C25H32N4O3/c1-27-11-9-20(10-12-27)28-14-18-13-19(16-28)23-8-7-22(25(31)29(23)15-18)26-24(30)17-32-21-5-3-2-4-6-21/h2-8,18-20H,9-17H2,1H3,(H,26,30). The number of rotatable bonds is 5. The number of nitrogens with zero attached hydrogens (tertiary/aromatic N) is 3. The third-order valence-electron chi connectivity index (χ3n) is 7.22. The van der Waals surface area contributed by atoms with E-state index < -0.39 is 0 Å². The molecule has 1 N–H and O–H groups in total. The lowest BCUT2D eigenvalue weighted by Crippen LogP contribution is -2.53. The van der Waals surface area contributed by atoms with Crippen LogP contribution in [0.4, 0.5) is 5.69 Å². The van der Waals surface area contributed by atoms with E-state index in [9.17, 15) is 9.59 Å². The molecule has 2 aromatic rings. The maximum atomic E-state index is 13.2. The lowest BCUT2D eigenvalue weighted by atomic mass is 9.82. The van der Waals surface area contributed by atoms with Gasteiger partial charge in [0.15, 0.2) is 6.61 Å². The number of ether oxygens (including phenoxy) is 1. The monoisotopic (exact) mass is 436 g/mol. The Kier molecular flexibility index (Phi) is 6.02. The first-order chi connectivity index (χ1) is 15.6. The van der Waals surface area contributed by atoms with Crippen LogP contribution in [0.3, 0.4) is 0 Å². The summed E-state index contributed by atoms with van der Waals surface area (Å²) in [6.07, 6.45) is 3.62. The number of benzene rings is 1. The van der Waals surface area contributed by atoms with Crippen molar-refractivity contribution in [2.45, 2.75) is 37.8 Å². The maximum absolute atomic E-state index is 13.2. The highest BCUT2D eigenvalue weighted by Crippen LogP contribution is 2.37. The Morgan fingerprint density at radius 2 is 1.84 bits per heavy atom. The van der Waals surface area contributed by atoms with Crippen molar-refractivity contribution in [3.05, 3.63) is 58.5 Å². The van der Waals surface area contributed by atoms with E-state index in [1.54, 1.807) is 18.2 Å². The number of aromatic nitrogens is 1. The second kappa shape index (κ2) is 9.08. The zero-order valence-electron chi connectivity index (χ0n) is 18.7. The van der Waals surface area contributed by atoms with Crippen molar-refractivity contribution in [2.24, 2.45) is 5.92 Å². The van der Waals surface area contributed by atoms with Gasteiger partial charge in [0.2, 0.25) is 0 Å². The molecule has 2 saturated heterocycles. The van der Waals surface area contributed by atoms with Gasteiger partial charge in [0.1, 0.15) is 11.4 Å². The number of piperidine rings is 2. The number of hydrogen-bond donors (Lipinski definition) is 1. The largest absolute Gasteiger partial charge is 0.484 e. The Hall–Kier alpha value is -2.64. The number of fused-ring (bicyclic) bond motifs is 4. The molecule has 3 aliphatic heterocycles. The Labute approximate surface area is 189 Å². The molecule has 2 atom stereocenters. The topological polar surface area (TPSA) is 66.8 Å². The normalized spacial score (nSPS) is 24.0. The van der Waals surface area contributed by atoms with Crippen molar-refractivity contribution in [3.63, 3.8) is 0 Å². The number of carbonyl (C=O) groups is 1. The Morgan fingerprint density at radius 3 is 2.62 bits per heavy atom. The molecule has 4 heterocycles. The molecule has 0 saturated carbocycles. The number of carbonyl (C=O) groups excluding carboxylic acids is 1. The van der Waals surface area contributed by atoms with E-state index in [0.29, 0.717) is 29.3 Å². The summed E-state index contributed by atoms with van der Waals surface area (Å²) in [6, 6.07) is 13.7.